The summed E-state index contributed by atoms with van der Waals surface area (Å²) in [7, 11) is 1.69. The minimum Gasteiger partial charge on any atom is -0.465 e. The fourth-order valence-corrected chi connectivity index (χ4v) is 6.49. The molecule has 2 aliphatic rings. The highest BCUT2D eigenvalue weighted by molar-refractivity contribution is 5.81. The van der Waals surface area contributed by atoms with Gasteiger partial charge in [-0.2, -0.15) is 0 Å². The summed E-state index contributed by atoms with van der Waals surface area (Å²) in [6.07, 6.45) is 1.94. The van der Waals surface area contributed by atoms with Crippen molar-refractivity contribution in [1.29, 1.82) is 0 Å². The molecule has 3 aromatic rings. The molecule has 0 aromatic heterocycles. The number of hydrogen-bond acceptors (Lipinski definition) is 5. The smallest absolute Gasteiger partial charge is 0.407 e. The van der Waals surface area contributed by atoms with Crippen molar-refractivity contribution in [1.82, 2.24) is 15.5 Å². The number of unbranched alkanes of at least 4 members (excludes halogenated alkanes) is 1. The SMILES string of the molecule is COCCCCC1(CNC(=O)[C@H]2C[C@@H](NC(=O)Cc3ccc(C)cc3)CN(C(=O)O)C2)c2ccccc2Oc2ccccc21. The van der Waals surface area contributed by atoms with Gasteiger partial charge in [0.1, 0.15) is 11.5 Å². The summed E-state index contributed by atoms with van der Waals surface area (Å²) in [4.78, 5) is 39.9. The van der Waals surface area contributed by atoms with Gasteiger partial charge in [0.15, 0.2) is 0 Å². The van der Waals surface area contributed by atoms with Gasteiger partial charge in [-0.25, -0.2) is 4.79 Å². The van der Waals surface area contributed by atoms with Crippen molar-refractivity contribution in [3.8, 4) is 11.5 Å². The number of nitrogens with one attached hydrogen (secondary N) is 2. The molecule has 0 radical (unpaired) electrons. The molecule has 5 rings (SSSR count). The highest BCUT2D eigenvalue weighted by Gasteiger charge is 2.43. The third-order valence-corrected chi connectivity index (χ3v) is 8.73. The summed E-state index contributed by atoms with van der Waals surface area (Å²) >= 11 is 0. The van der Waals surface area contributed by atoms with Gasteiger partial charge in [-0.3, -0.25) is 9.59 Å². The van der Waals surface area contributed by atoms with E-state index in [1.807, 2.05) is 67.6 Å². The first-order valence-electron chi connectivity index (χ1n) is 15.3. The number of aryl methyl sites for hydroxylation is 1. The Kier molecular flexibility index (Phi) is 9.85. The number of amides is 3. The summed E-state index contributed by atoms with van der Waals surface area (Å²) in [6.45, 7) is 3.17. The first-order valence-corrected chi connectivity index (χ1v) is 15.3. The number of nitrogens with zero attached hydrogens (tertiary/aromatic N) is 1. The van der Waals surface area contributed by atoms with Crippen molar-refractivity contribution in [3.05, 3.63) is 95.1 Å². The zero-order valence-electron chi connectivity index (χ0n) is 25.4. The largest absolute Gasteiger partial charge is 0.465 e. The first-order chi connectivity index (χ1) is 21.3. The number of carboxylic acid groups (broad SMARTS) is 1. The lowest BCUT2D eigenvalue weighted by atomic mass is 9.69. The maximum Gasteiger partial charge on any atom is 0.407 e. The molecule has 0 spiro atoms. The number of fused-ring (bicyclic) bond motifs is 2. The summed E-state index contributed by atoms with van der Waals surface area (Å²) in [6, 6.07) is 23.1. The number of piperidine rings is 1. The number of para-hydroxylation sites is 2. The number of carbonyl (C=O) groups excluding carboxylic acids is 2. The predicted molar refractivity (Wildman–Crippen MR) is 167 cm³/mol. The Morgan fingerprint density at radius 2 is 1.61 bits per heavy atom. The molecule has 1 saturated heterocycles. The van der Waals surface area contributed by atoms with Crippen molar-refractivity contribution in [3.63, 3.8) is 0 Å². The lowest BCUT2D eigenvalue weighted by Gasteiger charge is -2.41. The Balaban J connectivity index is 1.34. The predicted octanol–water partition coefficient (Wildman–Crippen LogP) is 5.05. The Hall–Kier alpha value is -4.37. The van der Waals surface area contributed by atoms with Crippen LogP contribution in [0, 0.1) is 12.8 Å². The summed E-state index contributed by atoms with van der Waals surface area (Å²) < 4.78 is 11.6. The van der Waals surface area contributed by atoms with E-state index >= 15 is 0 Å². The monoisotopic (exact) mass is 599 g/mol. The van der Waals surface area contributed by atoms with Crippen molar-refractivity contribution in [2.24, 2.45) is 5.92 Å². The second-order valence-corrected chi connectivity index (χ2v) is 11.9. The van der Waals surface area contributed by atoms with E-state index in [1.165, 1.54) is 4.90 Å². The van der Waals surface area contributed by atoms with Crippen LogP contribution >= 0.6 is 0 Å². The maximum atomic E-state index is 13.8. The number of ether oxygens (including phenoxy) is 2. The second kappa shape index (κ2) is 13.9. The van der Waals surface area contributed by atoms with E-state index in [-0.39, 0.29) is 31.3 Å². The van der Waals surface area contributed by atoms with E-state index in [4.69, 9.17) is 9.47 Å². The lowest BCUT2D eigenvalue weighted by molar-refractivity contribution is -0.128. The highest BCUT2D eigenvalue weighted by Crippen LogP contribution is 2.50. The lowest BCUT2D eigenvalue weighted by Crippen LogP contribution is -2.56. The normalized spacial score (nSPS) is 18.4. The van der Waals surface area contributed by atoms with Gasteiger partial charge in [0.25, 0.3) is 0 Å². The van der Waals surface area contributed by atoms with Gasteiger partial charge in [-0.05, 0) is 50.3 Å². The van der Waals surface area contributed by atoms with Crippen molar-refractivity contribution < 1.29 is 29.0 Å². The maximum absolute atomic E-state index is 13.8. The number of hydrogen-bond donors (Lipinski definition) is 3. The number of likely N-dealkylation sites (tertiary alicyclic amines) is 1. The van der Waals surface area contributed by atoms with Crippen LogP contribution in [0.3, 0.4) is 0 Å². The molecule has 232 valence electrons. The Labute approximate surface area is 258 Å². The van der Waals surface area contributed by atoms with Crippen LogP contribution in [0.5, 0.6) is 11.5 Å². The van der Waals surface area contributed by atoms with Gasteiger partial charge in [-0.1, -0.05) is 66.2 Å². The molecule has 9 heteroatoms. The number of rotatable bonds is 11. The molecule has 3 N–H and O–H groups in total. The fourth-order valence-electron chi connectivity index (χ4n) is 6.49. The van der Waals surface area contributed by atoms with E-state index < -0.39 is 23.5 Å². The van der Waals surface area contributed by atoms with Crippen LogP contribution in [0.25, 0.3) is 0 Å². The quantitative estimate of drug-likeness (QED) is 0.266. The average Bonchev–Trinajstić information content (AvgIpc) is 3.02. The van der Waals surface area contributed by atoms with Gasteiger partial charge < -0.3 is 30.1 Å². The first kappa shape index (κ1) is 31.1. The minimum absolute atomic E-state index is 0.0720. The van der Waals surface area contributed by atoms with Crippen LogP contribution in [-0.4, -0.2) is 67.3 Å². The van der Waals surface area contributed by atoms with Crippen LogP contribution in [-0.2, 0) is 26.2 Å². The molecular formula is C35H41N3O6. The van der Waals surface area contributed by atoms with E-state index in [1.54, 1.807) is 7.11 Å². The fraction of sp³-hybridized carbons (Fsp3) is 0.400. The van der Waals surface area contributed by atoms with Crippen LogP contribution in [0.2, 0.25) is 0 Å². The zero-order chi connectivity index (χ0) is 31.1. The van der Waals surface area contributed by atoms with Crippen LogP contribution in [0.4, 0.5) is 4.79 Å². The summed E-state index contributed by atoms with van der Waals surface area (Å²) in [5.41, 5.74) is 3.46. The summed E-state index contributed by atoms with van der Waals surface area (Å²) in [5.74, 6) is 0.485. The van der Waals surface area contributed by atoms with Crippen LogP contribution in [0.15, 0.2) is 72.8 Å². The molecule has 44 heavy (non-hydrogen) atoms. The third kappa shape index (κ3) is 7.05. The van der Waals surface area contributed by atoms with Crippen molar-refractivity contribution >= 4 is 17.9 Å². The summed E-state index contributed by atoms with van der Waals surface area (Å²) in [5, 5.41) is 16.0. The number of benzene rings is 3. The van der Waals surface area contributed by atoms with Gasteiger partial charge in [-0.15, -0.1) is 0 Å². The topological polar surface area (TPSA) is 117 Å². The molecule has 2 atom stereocenters. The zero-order valence-corrected chi connectivity index (χ0v) is 25.4. The van der Waals surface area contributed by atoms with Crippen LogP contribution < -0.4 is 15.4 Å². The van der Waals surface area contributed by atoms with Crippen molar-refractivity contribution in [2.75, 3.05) is 33.4 Å². The molecule has 0 saturated carbocycles. The van der Waals surface area contributed by atoms with Gasteiger partial charge >= 0.3 is 6.09 Å². The molecule has 2 heterocycles. The van der Waals surface area contributed by atoms with Crippen LogP contribution in [0.1, 0.15) is 47.9 Å². The van der Waals surface area contributed by atoms with E-state index in [0.717, 1.165) is 53.0 Å². The van der Waals surface area contributed by atoms with Gasteiger partial charge in [0.05, 0.1) is 12.3 Å². The Morgan fingerprint density at radius 1 is 0.955 bits per heavy atom. The number of methoxy groups -OCH3 is 1. The number of carbonyl (C=O) groups is 3. The molecule has 0 unspecified atom stereocenters. The second-order valence-electron chi connectivity index (χ2n) is 11.9. The van der Waals surface area contributed by atoms with Crippen molar-refractivity contribution in [2.45, 2.75) is 50.5 Å². The van der Waals surface area contributed by atoms with E-state index in [0.29, 0.717) is 19.6 Å². The third-order valence-electron chi connectivity index (χ3n) is 8.73. The molecule has 0 bridgehead atoms. The van der Waals surface area contributed by atoms with E-state index in [9.17, 15) is 19.5 Å². The molecule has 3 amide bonds. The Morgan fingerprint density at radius 3 is 2.25 bits per heavy atom. The molecule has 9 nitrogen and oxygen atoms in total. The highest BCUT2D eigenvalue weighted by atomic mass is 16.5. The molecule has 1 fully saturated rings. The minimum atomic E-state index is -1.11. The van der Waals surface area contributed by atoms with Gasteiger partial charge in [0, 0.05) is 55.9 Å². The standard InChI is InChI=1S/C35H41N3O6/c1-24-13-15-25(16-14-24)19-32(39)37-27-20-26(21-38(22-27)34(41)42)33(40)36-23-35(17-7-8-18-43-2)28-9-3-5-11-30(28)44-31-12-6-4-10-29(31)35/h3-6,9-16,26-27H,7-8,17-23H2,1-2H3,(H,36,40)(H,37,39)(H,41,42)/t26-,27+/m0/s1. The molecule has 3 aromatic carbocycles. The molecular weight excluding hydrogens is 558 g/mol. The van der Waals surface area contributed by atoms with Gasteiger partial charge in [0.2, 0.25) is 11.8 Å². The molecule has 0 aliphatic carbocycles. The molecule has 2 aliphatic heterocycles. The van der Waals surface area contributed by atoms with E-state index in [2.05, 4.69) is 22.8 Å². The average molecular weight is 600 g/mol. The Bertz CT molecular complexity index is 1430.